The summed E-state index contributed by atoms with van der Waals surface area (Å²) in [6, 6.07) is 7.69. The molecule has 1 aliphatic rings. The minimum atomic E-state index is -0.981. The molecule has 8 nitrogen and oxygen atoms in total. The predicted octanol–water partition coefficient (Wildman–Crippen LogP) is 2.29. The van der Waals surface area contributed by atoms with Crippen LogP contribution in [0.1, 0.15) is 41.3 Å². The number of hydrogen-bond acceptors (Lipinski definition) is 6. The molecule has 0 bridgehead atoms. The number of aromatic nitrogens is 2. The lowest BCUT2D eigenvalue weighted by atomic mass is 10.1. The van der Waals surface area contributed by atoms with Crippen LogP contribution in [0.4, 0.5) is 4.39 Å². The molecule has 2 N–H and O–H groups in total. The second-order valence-corrected chi connectivity index (χ2v) is 7.69. The molecule has 166 valence electrons. The van der Waals surface area contributed by atoms with Crippen molar-refractivity contribution in [3.8, 4) is 5.75 Å². The van der Waals surface area contributed by atoms with Gasteiger partial charge in [0.25, 0.3) is 5.56 Å². The van der Waals surface area contributed by atoms with Crippen LogP contribution < -0.4 is 10.9 Å². The molecule has 2 heterocycles. The third-order valence-corrected chi connectivity index (χ3v) is 5.18. The van der Waals surface area contributed by atoms with Crippen LogP contribution >= 0.6 is 0 Å². The van der Waals surface area contributed by atoms with Gasteiger partial charge >= 0.3 is 5.97 Å². The molecule has 0 atom stereocenters. The highest BCUT2D eigenvalue weighted by atomic mass is 19.1. The zero-order valence-electron chi connectivity index (χ0n) is 17.4. The van der Waals surface area contributed by atoms with E-state index in [1.165, 1.54) is 18.3 Å². The minimum absolute atomic E-state index is 0.00901. The number of fused-ring (bicyclic) bond motifs is 1. The molecular weight excluding hydrogens is 417 g/mol. The van der Waals surface area contributed by atoms with E-state index in [4.69, 9.17) is 4.74 Å². The molecule has 0 radical (unpaired) electrons. The summed E-state index contributed by atoms with van der Waals surface area (Å²) in [5, 5.41) is 13.4. The number of nitrogens with zero attached hydrogens (tertiary/aromatic N) is 2. The number of carbonyl (C=O) groups is 2. The molecule has 2 aromatic heterocycles. The SMILES string of the molecule is CCOC(=O)c1c(O)c2ncc(Cc3ccc(F)cc3)cc2n(CC(=O)NC2CC2)c1=O. The standard InChI is InChI=1S/C23H22FN3O5/c1-2-32-23(31)19-21(29)20-17(27(22(19)30)12-18(28)26-16-7-8-16)10-14(11-25-20)9-13-3-5-15(24)6-4-13/h3-6,10-11,16,29H,2,7-9,12H2,1H3,(H,26,28). The van der Waals surface area contributed by atoms with Crippen LogP contribution in [0.15, 0.2) is 41.3 Å². The van der Waals surface area contributed by atoms with Crippen molar-refractivity contribution in [2.24, 2.45) is 0 Å². The number of ether oxygens (including phenoxy) is 1. The third kappa shape index (κ3) is 4.46. The summed E-state index contributed by atoms with van der Waals surface area (Å²) >= 11 is 0. The van der Waals surface area contributed by atoms with Crippen molar-refractivity contribution >= 4 is 22.9 Å². The van der Waals surface area contributed by atoms with Crippen molar-refractivity contribution in [1.29, 1.82) is 0 Å². The van der Waals surface area contributed by atoms with E-state index in [2.05, 4.69) is 10.3 Å². The largest absolute Gasteiger partial charge is 0.505 e. The van der Waals surface area contributed by atoms with E-state index in [0.717, 1.165) is 23.0 Å². The molecule has 1 saturated carbocycles. The lowest BCUT2D eigenvalue weighted by Crippen LogP contribution is -2.36. The molecule has 32 heavy (non-hydrogen) atoms. The number of hydrogen-bond donors (Lipinski definition) is 2. The molecule has 3 aromatic rings. The Bertz CT molecular complexity index is 1250. The number of aromatic hydroxyl groups is 1. The fourth-order valence-corrected chi connectivity index (χ4v) is 3.47. The average Bonchev–Trinajstić information content (AvgIpc) is 3.57. The van der Waals surface area contributed by atoms with Gasteiger partial charge in [-0.25, -0.2) is 9.18 Å². The van der Waals surface area contributed by atoms with Gasteiger partial charge < -0.3 is 15.2 Å². The topological polar surface area (TPSA) is 111 Å². The highest BCUT2D eigenvalue weighted by molar-refractivity contribution is 5.98. The van der Waals surface area contributed by atoms with E-state index in [1.54, 1.807) is 25.1 Å². The molecular formula is C23H22FN3O5. The van der Waals surface area contributed by atoms with Crippen LogP contribution in [0.3, 0.4) is 0 Å². The number of amides is 1. The van der Waals surface area contributed by atoms with Crippen LogP contribution in [0.25, 0.3) is 11.0 Å². The fraction of sp³-hybridized carbons (Fsp3) is 0.304. The summed E-state index contributed by atoms with van der Waals surface area (Å²) in [5.41, 5.74) is 0.335. The van der Waals surface area contributed by atoms with Gasteiger partial charge in [0.1, 0.15) is 17.9 Å². The second kappa shape index (κ2) is 8.78. The smallest absolute Gasteiger partial charge is 0.347 e. The molecule has 1 aromatic carbocycles. The predicted molar refractivity (Wildman–Crippen MR) is 114 cm³/mol. The van der Waals surface area contributed by atoms with Gasteiger partial charge in [-0.3, -0.25) is 19.1 Å². The maximum absolute atomic E-state index is 13.2. The maximum atomic E-state index is 13.2. The lowest BCUT2D eigenvalue weighted by Gasteiger charge is -2.15. The van der Waals surface area contributed by atoms with Gasteiger partial charge in [0.05, 0.1) is 12.1 Å². The van der Waals surface area contributed by atoms with Gasteiger partial charge in [-0.05, 0) is 55.5 Å². The molecule has 1 fully saturated rings. The molecule has 0 saturated heterocycles. The lowest BCUT2D eigenvalue weighted by molar-refractivity contribution is -0.121. The molecule has 4 rings (SSSR count). The Morgan fingerprint density at radius 3 is 2.62 bits per heavy atom. The van der Waals surface area contributed by atoms with Crippen molar-refractivity contribution in [3.63, 3.8) is 0 Å². The second-order valence-electron chi connectivity index (χ2n) is 7.69. The minimum Gasteiger partial charge on any atom is -0.505 e. The number of halogens is 1. The van der Waals surface area contributed by atoms with Crippen LogP contribution in [-0.4, -0.2) is 39.2 Å². The molecule has 1 aliphatic carbocycles. The fourth-order valence-electron chi connectivity index (χ4n) is 3.47. The normalized spacial score (nSPS) is 13.2. The first-order valence-electron chi connectivity index (χ1n) is 10.3. The Morgan fingerprint density at radius 1 is 1.25 bits per heavy atom. The zero-order valence-corrected chi connectivity index (χ0v) is 17.4. The molecule has 0 unspecified atom stereocenters. The van der Waals surface area contributed by atoms with Crippen LogP contribution in [0.5, 0.6) is 5.75 Å². The number of carbonyl (C=O) groups excluding carboxylic acids is 2. The van der Waals surface area contributed by atoms with E-state index >= 15 is 0 Å². The van der Waals surface area contributed by atoms with Gasteiger partial charge in [-0.1, -0.05) is 12.1 Å². The maximum Gasteiger partial charge on any atom is 0.347 e. The Hall–Kier alpha value is -3.75. The van der Waals surface area contributed by atoms with Crippen molar-refractivity contribution in [3.05, 3.63) is 69.4 Å². The zero-order chi connectivity index (χ0) is 22.8. The monoisotopic (exact) mass is 439 g/mol. The van der Waals surface area contributed by atoms with E-state index in [9.17, 15) is 23.9 Å². The number of pyridine rings is 2. The number of esters is 1. The van der Waals surface area contributed by atoms with Crippen LogP contribution in [0, 0.1) is 5.82 Å². The molecule has 1 amide bonds. The van der Waals surface area contributed by atoms with Gasteiger partial charge in [0, 0.05) is 12.2 Å². The van der Waals surface area contributed by atoms with Gasteiger partial charge in [-0.15, -0.1) is 0 Å². The first-order chi connectivity index (χ1) is 15.4. The molecule has 0 aliphatic heterocycles. The summed E-state index contributed by atoms with van der Waals surface area (Å²) in [6.07, 6.45) is 3.66. The highest BCUT2D eigenvalue weighted by Crippen LogP contribution is 2.27. The Morgan fingerprint density at radius 2 is 1.97 bits per heavy atom. The summed E-state index contributed by atoms with van der Waals surface area (Å²) in [5.74, 6) is -2.29. The van der Waals surface area contributed by atoms with E-state index in [0.29, 0.717) is 12.0 Å². The van der Waals surface area contributed by atoms with Gasteiger partial charge in [0.2, 0.25) is 5.91 Å². The van der Waals surface area contributed by atoms with Crippen molar-refractivity contribution < 1.29 is 23.8 Å². The number of nitrogens with one attached hydrogen (secondary N) is 1. The first kappa shape index (κ1) is 21.5. The van der Waals surface area contributed by atoms with Crippen molar-refractivity contribution in [1.82, 2.24) is 14.9 Å². The molecule has 0 spiro atoms. The van der Waals surface area contributed by atoms with Crippen molar-refractivity contribution in [2.75, 3.05) is 6.61 Å². The number of rotatable bonds is 7. The Balaban J connectivity index is 1.81. The highest BCUT2D eigenvalue weighted by Gasteiger charge is 2.27. The third-order valence-electron chi connectivity index (χ3n) is 5.18. The van der Waals surface area contributed by atoms with Gasteiger partial charge in [-0.2, -0.15) is 0 Å². The summed E-state index contributed by atoms with van der Waals surface area (Å²) in [4.78, 5) is 42.2. The van der Waals surface area contributed by atoms with E-state index in [-0.39, 0.29) is 42.0 Å². The first-order valence-corrected chi connectivity index (χ1v) is 10.3. The van der Waals surface area contributed by atoms with E-state index in [1.807, 2.05) is 0 Å². The van der Waals surface area contributed by atoms with Crippen LogP contribution in [-0.2, 0) is 22.5 Å². The summed E-state index contributed by atoms with van der Waals surface area (Å²) < 4.78 is 19.2. The molecule has 9 heteroatoms. The summed E-state index contributed by atoms with van der Waals surface area (Å²) in [6.45, 7) is 1.26. The van der Waals surface area contributed by atoms with E-state index < -0.39 is 22.8 Å². The summed E-state index contributed by atoms with van der Waals surface area (Å²) in [7, 11) is 0. The van der Waals surface area contributed by atoms with Crippen molar-refractivity contribution in [2.45, 2.75) is 38.8 Å². The Labute approximate surface area is 182 Å². The van der Waals surface area contributed by atoms with Crippen LogP contribution in [0.2, 0.25) is 0 Å². The Kier molecular flexibility index (Phi) is 5.89. The quantitative estimate of drug-likeness (QED) is 0.547. The van der Waals surface area contributed by atoms with Gasteiger partial charge in [0.15, 0.2) is 11.3 Å². The average molecular weight is 439 g/mol. The number of benzene rings is 1.